The highest BCUT2D eigenvalue weighted by molar-refractivity contribution is 5.98. The molecular weight excluding hydrogens is 755 g/mol. The Hall–Kier alpha value is -7.04. The van der Waals surface area contributed by atoms with Crippen molar-refractivity contribution in [1.29, 1.82) is 0 Å². The fourth-order valence-electron chi connectivity index (χ4n) is 8.59. The fourth-order valence-corrected chi connectivity index (χ4v) is 8.59. The van der Waals surface area contributed by atoms with Crippen molar-refractivity contribution in [3.63, 3.8) is 0 Å². The first kappa shape index (κ1) is 39.1. The minimum absolute atomic E-state index is 0.0916. The van der Waals surface area contributed by atoms with Crippen molar-refractivity contribution < 1.29 is 6.48 Å². The van der Waals surface area contributed by atoms with Crippen molar-refractivity contribution in [3.05, 3.63) is 192 Å². The van der Waals surface area contributed by atoms with Crippen LogP contribution in [0.1, 0.15) is 82.9 Å². The molecule has 1 N–H and O–H groups in total. The second kappa shape index (κ2) is 16.8. The molecule has 4 nitrogen and oxygen atoms in total. The minimum atomic E-state index is -0.910. The number of hydrogen-bond acceptors (Lipinski definition) is 3. The van der Waals surface area contributed by atoms with E-state index in [4.69, 9.17) is 9.97 Å². The lowest BCUT2D eigenvalue weighted by molar-refractivity contribution is 0.466. The normalized spacial score (nSPS) is 12.0. The average molecular weight is 809 g/mol. The van der Waals surface area contributed by atoms with Crippen molar-refractivity contribution in [1.82, 2.24) is 14.5 Å². The molecule has 0 saturated carbocycles. The topological polar surface area (TPSA) is 50.9 Å². The Kier molecular flexibility index (Phi) is 10.6. The predicted octanol–water partition coefficient (Wildman–Crippen LogP) is 15.8. The fraction of sp³-hybridized carbons (Fsp3) is 0.172. The molecule has 0 aliphatic carbocycles. The number of hydrogen-bond donors (Lipinski definition) is 1. The molecule has 0 unspecified atom stereocenters. The number of aromatic nitrogens is 3. The molecule has 0 amide bonds. The number of phenolic OH excluding ortho intramolecular Hbond substituents is 1. The Morgan fingerprint density at radius 3 is 1.89 bits per heavy atom. The third-order valence-electron chi connectivity index (χ3n) is 12.1. The van der Waals surface area contributed by atoms with Crippen molar-refractivity contribution in [2.75, 3.05) is 0 Å². The van der Waals surface area contributed by atoms with E-state index in [9.17, 15) is 6.48 Å². The van der Waals surface area contributed by atoms with E-state index in [2.05, 4.69) is 179 Å². The quantitative estimate of drug-likeness (QED) is 0.150. The van der Waals surface area contributed by atoms with E-state index >= 15 is 0 Å². The number of imidazole rings is 1. The lowest BCUT2D eigenvalue weighted by Gasteiger charge is -2.20. The smallest absolute Gasteiger partial charge is 0.149 e. The maximum atomic E-state index is 12.2. The van der Waals surface area contributed by atoms with Gasteiger partial charge in [0.25, 0.3) is 0 Å². The van der Waals surface area contributed by atoms with Crippen LogP contribution in [0.25, 0.3) is 83.9 Å². The maximum Gasteiger partial charge on any atom is 0.149 e. The molecule has 9 rings (SSSR count). The summed E-state index contributed by atoms with van der Waals surface area (Å²) in [5.41, 5.74) is 17.8. The molecule has 62 heavy (non-hydrogen) atoms. The van der Waals surface area contributed by atoms with E-state index < -0.39 is 5.89 Å². The summed E-state index contributed by atoms with van der Waals surface area (Å²) in [7, 11) is 0. The number of aryl methyl sites for hydroxylation is 1. The van der Waals surface area contributed by atoms with Gasteiger partial charge in [0.05, 0.1) is 22.3 Å². The molecule has 9 aromatic rings. The molecule has 0 radical (unpaired) electrons. The highest BCUT2D eigenvalue weighted by Crippen LogP contribution is 2.44. The van der Waals surface area contributed by atoms with Crippen LogP contribution in [-0.2, 0) is 0 Å². The van der Waals surface area contributed by atoms with Crippen LogP contribution in [-0.4, -0.2) is 19.6 Å². The van der Waals surface area contributed by atoms with Crippen molar-refractivity contribution in [2.24, 2.45) is 0 Å². The summed E-state index contributed by atoms with van der Waals surface area (Å²) in [4.78, 5) is 10.5. The van der Waals surface area contributed by atoms with Crippen LogP contribution in [0.2, 0.25) is 0 Å². The van der Waals surface area contributed by atoms with Gasteiger partial charge in [0, 0.05) is 24.4 Å². The average Bonchev–Trinajstić information content (AvgIpc) is 3.69. The Morgan fingerprint density at radius 2 is 1.19 bits per heavy atom. The van der Waals surface area contributed by atoms with Crippen LogP contribution in [0, 0.1) is 6.92 Å². The molecule has 0 saturated heterocycles. The number of aromatic hydroxyl groups is 1. The van der Waals surface area contributed by atoms with Crippen molar-refractivity contribution in [2.45, 2.75) is 66.2 Å². The molecule has 7 aromatic carbocycles. The van der Waals surface area contributed by atoms with Gasteiger partial charge in [0.2, 0.25) is 0 Å². The highest BCUT2D eigenvalue weighted by atomic mass is 16.3. The standard InChI is InChI=1S/C58H53N3O/c1-36(2)44-32-52(38(5)6)57(62)53(33-44)58-60-56-50(19-14-20-55(56)61(58)48-25-26-49(51(35-48)37(3)4)42-17-12-9-13-18-42)46-29-45(40-15-10-8-11-16-40)30-47(31-46)54-34-43(27-28-59-54)41-23-21-39(7)22-24-41/h8-38,62H,1-7H3/i37D. The van der Waals surface area contributed by atoms with Gasteiger partial charge in [-0.3, -0.25) is 9.55 Å². The third-order valence-corrected chi connectivity index (χ3v) is 12.1. The molecule has 0 aliphatic heterocycles. The van der Waals surface area contributed by atoms with E-state index in [1.54, 1.807) is 0 Å². The minimum Gasteiger partial charge on any atom is -0.507 e. The van der Waals surface area contributed by atoms with E-state index in [0.717, 1.165) is 89.2 Å². The number of para-hydroxylation sites is 1. The van der Waals surface area contributed by atoms with Crippen LogP contribution >= 0.6 is 0 Å². The molecule has 306 valence electrons. The number of nitrogens with zero attached hydrogens (tertiary/aromatic N) is 3. The first-order chi connectivity index (χ1) is 30.3. The van der Waals surface area contributed by atoms with Crippen LogP contribution in [0.3, 0.4) is 0 Å². The first-order valence-corrected chi connectivity index (χ1v) is 21.7. The SMILES string of the molecule is [2H]C(C)(C)c1cc(-n2c(-c3cc(C(C)C)cc(C(C)C)c3O)nc3c(-c4cc(-c5ccccc5)cc(-c5cc(-c6ccc(C)cc6)ccn5)c4)cccc32)ccc1-c1ccccc1. The monoisotopic (exact) mass is 808 g/mol. The van der Waals surface area contributed by atoms with Crippen LogP contribution in [0.15, 0.2) is 170 Å². The van der Waals surface area contributed by atoms with Crippen molar-refractivity contribution in [3.8, 4) is 78.6 Å². The zero-order valence-corrected chi connectivity index (χ0v) is 36.6. The first-order valence-electron chi connectivity index (χ1n) is 22.2. The zero-order valence-electron chi connectivity index (χ0n) is 37.6. The van der Waals surface area contributed by atoms with Gasteiger partial charge < -0.3 is 5.11 Å². The van der Waals surface area contributed by atoms with E-state index in [0.29, 0.717) is 11.4 Å². The van der Waals surface area contributed by atoms with Crippen molar-refractivity contribution >= 4 is 11.0 Å². The molecule has 0 fully saturated rings. The molecule has 0 bridgehead atoms. The Balaban J connectivity index is 1.32. The summed E-state index contributed by atoms with van der Waals surface area (Å²) in [6.45, 7) is 14.6. The molecule has 2 aromatic heterocycles. The van der Waals surface area contributed by atoms with Gasteiger partial charge >= 0.3 is 0 Å². The molecule has 2 heterocycles. The summed E-state index contributed by atoms with van der Waals surface area (Å²) < 4.78 is 11.6. The van der Waals surface area contributed by atoms with Crippen LogP contribution in [0.4, 0.5) is 0 Å². The van der Waals surface area contributed by atoms with Gasteiger partial charge in [-0.25, -0.2) is 4.98 Å². The van der Waals surface area contributed by atoms with Gasteiger partial charge in [0.15, 0.2) is 0 Å². The second-order valence-corrected chi connectivity index (χ2v) is 17.3. The van der Waals surface area contributed by atoms with Gasteiger partial charge in [-0.2, -0.15) is 0 Å². The summed E-state index contributed by atoms with van der Waals surface area (Å²) >= 11 is 0. The summed E-state index contributed by atoms with van der Waals surface area (Å²) in [5, 5.41) is 12.2. The van der Waals surface area contributed by atoms with Gasteiger partial charge in [-0.05, 0) is 135 Å². The molecular formula is C58H53N3O. The number of benzene rings is 7. The predicted molar refractivity (Wildman–Crippen MR) is 260 cm³/mol. The highest BCUT2D eigenvalue weighted by Gasteiger charge is 2.25. The van der Waals surface area contributed by atoms with Gasteiger partial charge in [0.1, 0.15) is 11.6 Å². The number of fused-ring (bicyclic) bond motifs is 1. The van der Waals surface area contributed by atoms with Crippen LogP contribution < -0.4 is 0 Å². The number of pyridine rings is 1. The summed E-state index contributed by atoms with van der Waals surface area (Å²) in [6, 6.07) is 57.4. The Morgan fingerprint density at radius 1 is 0.516 bits per heavy atom. The lowest BCUT2D eigenvalue weighted by atomic mass is 9.91. The molecule has 0 atom stereocenters. The molecule has 4 heteroatoms. The van der Waals surface area contributed by atoms with E-state index in [-0.39, 0.29) is 17.6 Å². The Bertz CT molecular complexity index is 3100. The van der Waals surface area contributed by atoms with Gasteiger partial charge in [-0.15, -0.1) is 0 Å². The second-order valence-electron chi connectivity index (χ2n) is 17.3. The molecule has 0 aliphatic rings. The largest absolute Gasteiger partial charge is 0.507 e. The van der Waals surface area contributed by atoms with Gasteiger partial charge in [-0.1, -0.05) is 156 Å². The van der Waals surface area contributed by atoms with E-state index in [1.165, 1.54) is 5.56 Å². The maximum absolute atomic E-state index is 12.2. The number of rotatable bonds is 10. The van der Waals surface area contributed by atoms with Crippen LogP contribution in [0.5, 0.6) is 5.75 Å². The summed E-state index contributed by atoms with van der Waals surface area (Å²) in [6.07, 6.45) is 1.90. The molecule has 0 spiro atoms. The lowest BCUT2D eigenvalue weighted by Crippen LogP contribution is -2.03. The summed E-state index contributed by atoms with van der Waals surface area (Å²) in [5.74, 6) is 0.295. The zero-order chi connectivity index (χ0) is 44.0. The Labute approximate surface area is 367 Å². The third kappa shape index (κ3) is 7.74. The number of phenols is 1. The van der Waals surface area contributed by atoms with E-state index in [1.807, 2.05) is 44.3 Å².